The monoisotopic (exact) mass is 387 g/mol. The molecule has 146 valence electrons. The molecule has 0 aliphatic carbocycles. The third-order valence-electron chi connectivity index (χ3n) is 5.50. The maximum absolute atomic E-state index is 14.0. The fourth-order valence-electron chi connectivity index (χ4n) is 3.90. The minimum atomic E-state index is -0.278. The van der Waals surface area contributed by atoms with Gasteiger partial charge in [0.05, 0.1) is 23.4 Å². The van der Waals surface area contributed by atoms with Crippen molar-refractivity contribution in [2.75, 3.05) is 18.4 Å². The quantitative estimate of drug-likeness (QED) is 0.523. The lowest BCUT2D eigenvalue weighted by Crippen LogP contribution is -2.29. The zero-order valence-electron chi connectivity index (χ0n) is 16.0. The van der Waals surface area contributed by atoms with Gasteiger partial charge in [-0.05, 0) is 55.8 Å². The van der Waals surface area contributed by atoms with Crippen LogP contribution in [-0.2, 0) is 0 Å². The number of anilines is 2. The third-order valence-corrected chi connectivity index (χ3v) is 5.50. The molecule has 0 unspecified atom stereocenters. The predicted octanol–water partition coefficient (Wildman–Crippen LogP) is 4.91. The molecule has 0 spiro atoms. The number of rotatable bonds is 4. The highest BCUT2D eigenvalue weighted by Gasteiger charge is 2.16. The molecule has 1 aliphatic heterocycles. The van der Waals surface area contributed by atoms with Crippen LogP contribution in [0.3, 0.4) is 0 Å². The largest absolute Gasteiger partial charge is 0.353 e. The first-order valence-corrected chi connectivity index (χ1v) is 9.93. The van der Waals surface area contributed by atoms with E-state index in [1.54, 1.807) is 18.3 Å². The Labute approximate surface area is 168 Å². The maximum atomic E-state index is 14.0. The van der Waals surface area contributed by atoms with E-state index in [0.29, 0.717) is 11.7 Å². The summed E-state index contributed by atoms with van der Waals surface area (Å²) in [7, 11) is 0. The van der Waals surface area contributed by atoms with Gasteiger partial charge in [0.1, 0.15) is 5.82 Å². The van der Waals surface area contributed by atoms with E-state index in [2.05, 4.69) is 43.7 Å². The Bertz CT molecular complexity index is 1150. The first kappa shape index (κ1) is 17.8. The molecule has 0 radical (unpaired) electrons. The summed E-state index contributed by atoms with van der Waals surface area (Å²) in [5, 5.41) is 12.1. The highest BCUT2D eigenvalue weighted by atomic mass is 19.1. The van der Waals surface area contributed by atoms with E-state index in [4.69, 9.17) is 0 Å². The molecular weight excluding hydrogens is 365 g/mol. The van der Waals surface area contributed by atoms with E-state index in [9.17, 15) is 4.39 Å². The van der Waals surface area contributed by atoms with E-state index >= 15 is 0 Å². The van der Waals surface area contributed by atoms with Gasteiger partial charge in [-0.15, -0.1) is 0 Å². The minimum absolute atomic E-state index is 0.278. The van der Waals surface area contributed by atoms with Crippen molar-refractivity contribution in [3.63, 3.8) is 0 Å². The fraction of sp³-hybridized carbons (Fsp3) is 0.217. The van der Waals surface area contributed by atoms with E-state index < -0.39 is 0 Å². The van der Waals surface area contributed by atoms with Crippen LogP contribution < -0.4 is 10.6 Å². The first-order chi connectivity index (χ1) is 14.3. The molecule has 1 saturated heterocycles. The van der Waals surface area contributed by atoms with Gasteiger partial charge in [-0.3, -0.25) is 9.67 Å². The lowest BCUT2D eigenvalue weighted by atomic mass is 10.1. The number of pyridine rings is 1. The number of para-hydroxylation sites is 1. The molecule has 2 N–H and O–H groups in total. The summed E-state index contributed by atoms with van der Waals surface area (Å²) in [4.78, 5) is 4.52. The van der Waals surface area contributed by atoms with Gasteiger partial charge < -0.3 is 10.6 Å². The summed E-state index contributed by atoms with van der Waals surface area (Å²) >= 11 is 0. The number of fused-ring (bicyclic) bond motifs is 1. The molecule has 0 amide bonds. The molecule has 6 heteroatoms. The Morgan fingerprint density at radius 2 is 1.86 bits per heavy atom. The van der Waals surface area contributed by atoms with Crippen LogP contribution >= 0.6 is 0 Å². The average Bonchev–Trinajstić information content (AvgIpc) is 3.26. The van der Waals surface area contributed by atoms with Crippen LogP contribution in [0.15, 0.2) is 67.1 Å². The summed E-state index contributed by atoms with van der Waals surface area (Å²) in [5.74, 6) is -0.278. The Hall–Kier alpha value is -3.25. The summed E-state index contributed by atoms with van der Waals surface area (Å²) in [6.45, 7) is 2.08. The second-order valence-electron chi connectivity index (χ2n) is 7.39. The van der Waals surface area contributed by atoms with Crippen LogP contribution in [0.1, 0.15) is 18.9 Å². The summed E-state index contributed by atoms with van der Waals surface area (Å²) < 4.78 is 16.1. The number of benzene rings is 2. The van der Waals surface area contributed by atoms with Gasteiger partial charge in [-0.2, -0.15) is 5.10 Å². The molecule has 29 heavy (non-hydrogen) atoms. The number of halogens is 1. The summed E-state index contributed by atoms with van der Waals surface area (Å²) in [6, 6.07) is 15.2. The van der Waals surface area contributed by atoms with Crippen molar-refractivity contribution in [1.82, 2.24) is 20.1 Å². The van der Waals surface area contributed by atoms with Gasteiger partial charge in [-0.1, -0.05) is 24.3 Å². The third kappa shape index (κ3) is 3.59. The highest BCUT2D eigenvalue weighted by molar-refractivity contribution is 5.95. The van der Waals surface area contributed by atoms with Crippen molar-refractivity contribution in [2.45, 2.75) is 18.9 Å². The zero-order chi connectivity index (χ0) is 19.6. The predicted molar refractivity (Wildman–Crippen MR) is 114 cm³/mol. The van der Waals surface area contributed by atoms with E-state index in [-0.39, 0.29) is 5.82 Å². The van der Waals surface area contributed by atoms with Gasteiger partial charge in [0.25, 0.3) is 0 Å². The molecule has 0 atom stereocenters. The number of nitrogens with zero attached hydrogens (tertiary/aromatic N) is 3. The van der Waals surface area contributed by atoms with E-state index in [1.807, 2.05) is 24.4 Å². The standard InChI is InChI=1S/C23H22FN5/c24-20-3-1-2-4-22(20)28-21-9-12-26-23-13-16(5-6-19(21)23)17-14-27-29(15-17)18-7-10-25-11-8-18/h1-6,9,12-15,18,25H,7-8,10-11H2,(H,26,28). The smallest absolute Gasteiger partial charge is 0.146 e. The second-order valence-corrected chi connectivity index (χ2v) is 7.39. The van der Waals surface area contributed by atoms with E-state index in [1.165, 1.54) is 6.07 Å². The average molecular weight is 387 g/mol. The number of aromatic nitrogens is 3. The van der Waals surface area contributed by atoms with E-state index in [0.717, 1.165) is 53.6 Å². The normalized spacial score (nSPS) is 14.9. The van der Waals surface area contributed by atoms with Crippen LogP contribution in [0.25, 0.3) is 22.0 Å². The summed E-state index contributed by atoms with van der Waals surface area (Å²) in [6.07, 6.45) is 7.99. The summed E-state index contributed by atoms with van der Waals surface area (Å²) in [5.41, 5.74) is 4.30. The van der Waals surface area contributed by atoms with Crippen molar-refractivity contribution in [2.24, 2.45) is 0 Å². The highest BCUT2D eigenvalue weighted by Crippen LogP contribution is 2.30. The maximum Gasteiger partial charge on any atom is 0.146 e. The van der Waals surface area contributed by atoms with Crippen LogP contribution in [0.5, 0.6) is 0 Å². The van der Waals surface area contributed by atoms with Crippen molar-refractivity contribution < 1.29 is 4.39 Å². The molecule has 0 saturated carbocycles. The molecule has 5 nitrogen and oxygen atoms in total. The molecule has 2 aromatic carbocycles. The van der Waals surface area contributed by atoms with Crippen molar-refractivity contribution in [3.05, 3.63) is 72.9 Å². The molecule has 5 rings (SSSR count). The molecule has 1 fully saturated rings. The van der Waals surface area contributed by atoms with Crippen LogP contribution in [0.2, 0.25) is 0 Å². The van der Waals surface area contributed by atoms with Gasteiger partial charge in [0, 0.05) is 29.0 Å². The molecule has 4 aromatic rings. The molecule has 1 aliphatic rings. The van der Waals surface area contributed by atoms with Crippen molar-refractivity contribution in [3.8, 4) is 11.1 Å². The van der Waals surface area contributed by atoms with Crippen LogP contribution in [0, 0.1) is 5.82 Å². The molecule has 3 heterocycles. The zero-order valence-corrected chi connectivity index (χ0v) is 16.0. The number of hydrogen-bond acceptors (Lipinski definition) is 4. The Balaban J connectivity index is 1.45. The lowest BCUT2D eigenvalue weighted by molar-refractivity contribution is 0.343. The van der Waals surface area contributed by atoms with Crippen LogP contribution in [0.4, 0.5) is 15.8 Å². The van der Waals surface area contributed by atoms with Gasteiger partial charge in [0.2, 0.25) is 0 Å². The van der Waals surface area contributed by atoms with Gasteiger partial charge in [-0.25, -0.2) is 4.39 Å². The SMILES string of the molecule is Fc1ccccc1Nc1ccnc2cc(-c3cnn(C4CCNCC4)c3)ccc12. The first-order valence-electron chi connectivity index (χ1n) is 9.93. The second kappa shape index (κ2) is 7.64. The number of hydrogen-bond donors (Lipinski definition) is 2. The Morgan fingerprint density at radius 3 is 2.72 bits per heavy atom. The minimum Gasteiger partial charge on any atom is -0.353 e. The Kier molecular flexibility index (Phi) is 4.69. The topological polar surface area (TPSA) is 54.8 Å². The fourth-order valence-corrected chi connectivity index (χ4v) is 3.90. The molecular formula is C23H22FN5. The van der Waals surface area contributed by atoms with Gasteiger partial charge in [0.15, 0.2) is 0 Å². The van der Waals surface area contributed by atoms with Gasteiger partial charge >= 0.3 is 0 Å². The number of piperidine rings is 1. The lowest BCUT2D eigenvalue weighted by Gasteiger charge is -2.22. The molecule has 2 aromatic heterocycles. The van der Waals surface area contributed by atoms with Crippen LogP contribution in [-0.4, -0.2) is 27.9 Å². The molecule has 0 bridgehead atoms. The Morgan fingerprint density at radius 1 is 1.00 bits per heavy atom. The van der Waals surface area contributed by atoms with Crippen molar-refractivity contribution in [1.29, 1.82) is 0 Å². The number of nitrogens with one attached hydrogen (secondary N) is 2. The van der Waals surface area contributed by atoms with Crippen molar-refractivity contribution >= 4 is 22.3 Å².